The standard InChI is InChI=1S/C13H15ClN4O2S/c14-12-7-10(3-4-13(12)18-5-1-2-6-18)17-21(19,20)11-8-15-16-9-11/h3-4,7-9,17H,1-2,5-6H2,(H,15,16). The Balaban J connectivity index is 1.82. The van der Waals surface area contributed by atoms with Crippen LogP contribution >= 0.6 is 11.6 Å². The molecule has 1 aromatic carbocycles. The lowest BCUT2D eigenvalue weighted by Crippen LogP contribution is -2.18. The number of benzene rings is 1. The predicted octanol–water partition coefficient (Wildman–Crippen LogP) is 2.46. The third kappa shape index (κ3) is 2.98. The van der Waals surface area contributed by atoms with Gasteiger partial charge in [-0.25, -0.2) is 8.42 Å². The first kappa shape index (κ1) is 14.2. The first-order valence-electron chi connectivity index (χ1n) is 6.62. The molecule has 2 N–H and O–H groups in total. The van der Waals surface area contributed by atoms with Crippen LogP contribution in [0.15, 0.2) is 35.5 Å². The molecule has 0 unspecified atom stereocenters. The maximum atomic E-state index is 12.1. The van der Waals surface area contributed by atoms with E-state index in [1.54, 1.807) is 12.1 Å². The van der Waals surface area contributed by atoms with Crippen LogP contribution in [0.4, 0.5) is 11.4 Å². The molecule has 0 aliphatic carbocycles. The molecular weight excluding hydrogens is 312 g/mol. The first-order valence-corrected chi connectivity index (χ1v) is 8.48. The number of nitrogens with zero attached hydrogens (tertiary/aromatic N) is 2. The van der Waals surface area contributed by atoms with Gasteiger partial charge in [-0.05, 0) is 31.0 Å². The summed E-state index contributed by atoms with van der Waals surface area (Å²) in [6.07, 6.45) is 4.89. The molecule has 6 nitrogen and oxygen atoms in total. The summed E-state index contributed by atoms with van der Waals surface area (Å²) in [4.78, 5) is 2.29. The van der Waals surface area contributed by atoms with E-state index in [0.29, 0.717) is 10.7 Å². The number of hydrogen-bond donors (Lipinski definition) is 2. The summed E-state index contributed by atoms with van der Waals surface area (Å²) in [7, 11) is -3.63. The summed E-state index contributed by atoms with van der Waals surface area (Å²) >= 11 is 6.27. The zero-order valence-corrected chi connectivity index (χ0v) is 12.8. The highest BCUT2D eigenvalue weighted by Gasteiger charge is 2.18. The van der Waals surface area contributed by atoms with E-state index in [9.17, 15) is 8.42 Å². The molecule has 112 valence electrons. The molecular formula is C13H15ClN4O2S. The molecule has 1 fully saturated rings. The van der Waals surface area contributed by atoms with Crippen LogP contribution in [-0.4, -0.2) is 31.7 Å². The molecule has 1 saturated heterocycles. The molecule has 2 heterocycles. The van der Waals surface area contributed by atoms with Crippen molar-refractivity contribution in [1.82, 2.24) is 10.2 Å². The van der Waals surface area contributed by atoms with Crippen LogP contribution in [0.3, 0.4) is 0 Å². The number of aromatic amines is 1. The number of H-pyrrole nitrogens is 1. The Morgan fingerprint density at radius 3 is 2.67 bits per heavy atom. The smallest absolute Gasteiger partial charge is 0.265 e. The molecule has 0 atom stereocenters. The number of rotatable bonds is 4. The molecule has 0 bridgehead atoms. The Kier molecular flexibility index (Phi) is 3.77. The van der Waals surface area contributed by atoms with Gasteiger partial charge >= 0.3 is 0 Å². The summed E-state index contributed by atoms with van der Waals surface area (Å²) in [5, 5.41) is 6.66. The molecule has 0 amide bonds. The highest BCUT2D eigenvalue weighted by molar-refractivity contribution is 7.92. The Hall–Kier alpha value is -1.73. The highest BCUT2D eigenvalue weighted by atomic mass is 35.5. The average Bonchev–Trinajstić information content (AvgIpc) is 3.12. The zero-order valence-electron chi connectivity index (χ0n) is 11.2. The van der Waals surface area contributed by atoms with Crippen molar-refractivity contribution in [3.05, 3.63) is 35.6 Å². The average molecular weight is 327 g/mol. The van der Waals surface area contributed by atoms with Gasteiger partial charge in [-0.2, -0.15) is 5.10 Å². The molecule has 21 heavy (non-hydrogen) atoms. The molecule has 0 spiro atoms. The van der Waals surface area contributed by atoms with Gasteiger partial charge in [0.15, 0.2) is 0 Å². The molecule has 0 radical (unpaired) electrons. The van der Waals surface area contributed by atoms with E-state index in [0.717, 1.165) is 31.6 Å². The van der Waals surface area contributed by atoms with Crippen molar-refractivity contribution < 1.29 is 8.42 Å². The van der Waals surface area contributed by atoms with Gasteiger partial charge in [0.2, 0.25) is 0 Å². The lowest BCUT2D eigenvalue weighted by atomic mass is 10.2. The van der Waals surface area contributed by atoms with Gasteiger partial charge in [0.05, 0.1) is 22.6 Å². The van der Waals surface area contributed by atoms with E-state index in [4.69, 9.17) is 11.6 Å². The molecule has 0 saturated carbocycles. The van der Waals surface area contributed by atoms with Crippen LogP contribution in [-0.2, 0) is 10.0 Å². The van der Waals surface area contributed by atoms with Crippen molar-refractivity contribution in [2.75, 3.05) is 22.7 Å². The zero-order chi connectivity index (χ0) is 14.9. The van der Waals surface area contributed by atoms with Crippen molar-refractivity contribution >= 4 is 33.0 Å². The fourth-order valence-corrected chi connectivity index (χ4v) is 3.64. The molecule has 8 heteroatoms. The van der Waals surface area contributed by atoms with Crippen LogP contribution in [0, 0.1) is 0 Å². The number of halogens is 1. The monoisotopic (exact) mass is 326 g/mol. The van der Waals surface area contributed by atoms with Gasteiger partial charge in [0, 0.05) is 19.3 Å². The number of sulfonamides is 1. The fourth-order valence-electron chi connectivity index (χ4n) is 2.38. The van der Waals surface area contributed by atoms with Crippen LogP contribution in [0.25, 0.3) is 0 Å². The van der Waals surface area contributed by atoms with Crippen molar-refractivity contribution in [2.45, 2.75) is 17.7 Å². The number of aromatic nitrogens is 2. The van der Waals surface area contributed by atoms with E-state index in [1.165, 1.54) is 12.4 Å². The van der Waals surface area contributed by atoms with Crippen LogP contribution in [0.1, 0.15) is 12.8 Å². The Morgan fingerprint density at radius 1 is 1.29 bits per heavy atom. The summed E-state index contributed by atoms with van der Waals surface area (Å²) in [5.74, 6) is 0. The quantitative estimate of drug-likeness (QED) is 0.904. The minimum atomic E-state index is -3.63. The van der Waals surface area contributed by atoms with E-state index in [1.807, 2.05) is 6.07 Å². The number of nitrogens with one attached hydrogen (secondary N) is 2. The number of anilines is 2. The van der Waals surface area contributed by atoms with Gasteiger partial charge in [-0.15, -0.1) is 0 Å². The minimum absolute atomic E-state index is 0.0854. The van der Waals surface area contributed by atoms with Gasteiger partial charge in [-0.1, -0.05) is 11.6 Å². The molecule has 3 rings (SSSR count). The van der Waals surface area contributed by atoms with E-state index in [2.05, 4.69) is 19.8 Å². The lowest BCUT2D eigenvalue weighted by molar-refractivity contribution is 0.601. The fraction of sp³-hybridized carbons (Fsp3) is 0.308. The summed E-state index contributed by atoms with van der Waals surface area (Å²) in [5.41, 5.74) is 1.38. The maximum Gasteiger partial charge on any atom is 0.265 e. The Morgan fingerprint density at radius 2 is 2.05 bits per heavy atom. The minimum Gasteiger partial charge on any atom is -0.370 e. The molecule has 1 aliphatic heterocycles. The van der Waals surface area contributed by atoms with E-state index < -0.39 is 10.0 Å². The second-order valence-electron chi connectivity index (χ2n) is 4.90. The van der Waals surface area contributed by atoms with Crippen LogP contribution < -0.4 is 9.62 Å². The second kappa shape index (κ2) is 5.57. The van der Waals surface area contributed by atoms with Gasteiger partial charge in [0.1, 0.15) is 4.90 Å². The topological polar surface area (TPSA) is 78.1 Å². The Labute approximate surface area is 128 Å². The molecule has 1 aliphatic rings. The van der Waals surface area contributed by atoms with Crippen molar-refractivity contribution in [2.24, 2.45) is 0 Å². The summed E-state index contributed by atoms with van der Waals surface area (Å²) in [6, 6.07) is 5.20. The summed E-state index contributed by atoms with van der Waals surface area (Å²) in [6.45, 7) is 1.97. The second-order valence-corrected chi connectivity index (χ2v) is 6.99. The van der Waals surface area contributed by atoms with E-state index in [-0.39, 0.29) is 4.90 Å². The summed E-state index contributed by atoms with van der Waals surface area (Å²) < 4.78 is 26.7. The third-order valence-electron chi connectivity index (χ3n) is 3.43. The van der Waals surface area contributed by atoms with Gasteiger partial charge in [0.25, 0.3) is 10.0 Å². The first-order chi connectivity index (χ1) is 10.1. The lowest BCUT2D eigenvalue weighted by Gasteiger charge is -2.19. The maximum absolute atomic E-state index is 12.1. The Bertz CT molecular complexity index is 725. The van der Waals surface area contributed by atoms with Gasteiger partial charge in [-0.3, -0.25) is 9.82 Å². The van der Waals surface area contributed by atoms with Gasteiger partial charge < -0.3 is 4.90 Å². The van der Waals surface area contributed by atoms with Crippen LogP contribution in [0.2, 0.25) is 5.02 Å². The molecule has 1 aromatic heterocycles. The number of hydrogen-bond acceptors (Lipinski definition) is 4. The molecule has 2 aromatic rings. The predicted molar refractivity (Wildman–Crippen MR) is 82.3 cm³/mol. The normalized spacial score (nSPS) is 15.4. The van der Waals surface area contributed by atoms with Crippen molar-refractivity contribution in [3.8, 4) is 0 Å². The van der Waals surface area contributed by atoms with Crippen LogP contribution in [0.5, 0.6) is 0 Å². The van der Waals surface area contributed by atoms with Crippen molar-refractivity contribution in [3.63, 3.8) is 0 Å². The van der Waals surface area contributed by atoms with E-state index >= 15 is 0 Å². The van der Waals surface area contributed by atoms with Crippen molar-refractivity contribution in [1.29, 1.82) is 0 Å². The highest BCUT2D eigenvalue weighted by Crippen LogP contribution is 2.31. The SMILES string of the molecule is O=S(=O)(Nc1ccc(N2CCCC2)c(Cl)c1)c1cn[nH]c1. The third-order valence-corrected chi connectivity index (χ3v) is 5.08. The largest absolute Gasteiger partial charge is 0.370 e.